The average Bonchev–Trinajstić information content (AvgIpc) is 2.96. The lowest BCUT2D eigenvalue weighted by atomic mass is 10.3. The van der Waals surface area contributed by atoms with E-state index in [-0.39, 0.29) is 4.88 Å². The van der Waals surface area contributed by atoms with Crippen LogP contribution >= 0.6 is 11.3 Å². The number of hydrogen-bond donors (Lipinski definition) is 3. The Balaban J connectivity index is 2.21. The molecule has 1 aromatic carbocycles. The molecule has 1 unspecified atom stereocenters. The summed E-state index contributed by atoms with van der Waals surface area (Å²) in [7, 11) is -4.02. The van der Waals surface area contributed by atoms with Crippen molar-refractivity contribution in [1.82, 2.24) is 10.2 Å². The Morgan fingerprint density at radius 2 is 1.95 bits per heavy atom. The molecule has 22 heavy (non-hydrogen) atoms. The van der Waals surface area contributed by atoms with Crippen LogP contribution in [0.25, 0.3) is 0 Å². The van der Waals surface area contributed by atoms with Gasteiger partial charge in [0, 0.05) is 4.88 Å². The van der Waals surface area contributed by atoms with Crippen LogP contribution in [0.4, 0.5) is 4.39 Å². The van der Waals surface area contributed by atoms with Crippen LogP contribution in [-0.2, 0) is 10.0 Å². The van der Waals surface area contributed by atoms with Crippen LogP contribution in [0.1, 0.15) is 27.5 Å². The molecule has 0 bridgehead atoms. The summed E-state index contributed by atoms with van der Waals surface area (Å²) >= 11 is 1.02. The molecule has 118 valence electrons. The second-order valence-electron chi connectivity index (χ2n) is 4.42. The van der Waals surface area contributed by atoms with Crippen molar-refractivity contribution in [3.8, 4) is 0 Å². The van der Waals surface area contributed by atoms with E-state index in [1.165, 1.54) is 29.7 Å². The van der Waals surface area contributed by atoms with Gasteiger partial charge in [-0.15, -0.1) is 11.3 Å². The van der Waals surface area contributed by atoms with E-state index in [0.29, 0.717) is 4.88 Å². The fourth-order valence-corrected chi connectivity index (χ4v) is 4.06. The SMILES string of the molecule is CC(NS(=O)(=O)c1ccccc1F)c1ccc(C(=O)NO)s1. The van der Waals surface area contributed by atoms with E-state index in [1.54, 1.807) is 13.0 Å². The number of carbonyl (C=O) groups is 1. The number of carbonyl (C=O) groups excluding carboxylic acids is 1. The van der Waals surface area contributed by atoms with E-state index in [0.717, 1.165) is 17.4 Å². The Labute approximate surface area is 130 Å². The van der Waals surface area contributed by atoms with Gasteiger partial charge in [-0.1, -0.05) is 12.1 Å². The van der Waals surface area contributed by atoms with E-state index in [4.69, 9.17) is 5.21 Å². The van der Waals surface area contributed by atoms with Crippen molar-refractivity contribution in [2.75, 3.05) is 0 Å². The Bertz CT molecular complexity index is 789. The van der Waals surface area contributed by atoms with Crippen LogP contribution in [0.3, 0.4) is 0 Å². The van der Waals surface area contributed by atoms with Crippen molar-refractivity contribution >= 4 is 27.3 Å². The molecule has 0 aliphatic rings. The van der Waals surface area contributed by atoms with Crippen LogP contribution < -0.4 is 10.2 Å². The monoisotopic (exact) mass is 344 g/mol. The zero-order chi connectivity index (χ0) is 16.3. The van der Waals surface area contributed by atoms with Crippen LogP contribution in [0.5, 0.6) is 0 Å². The summed E-state index contributed by atoms with van der Waals surface area (Å²) in [6, 6.07) is 7.42. The minimum absolute atomic E-state index is 0.231. The predicted molar refractivity (Wildman–Crippen MR) is 78.7 cm³/mol. The van der Waals surface area contributed by atoms with Crippen LogP contribution in [0.15, 0.2) is 41.3 Å². The summed E-state index contributed by atoms with van der Waals surface area (Å²) in [6.07, 6.45) is 0. The lowest BCUT2D eigenvalue weighted by Crippen LogP contribution is -2.27. The number of amides is 1. The predicted octanol–water partition coefficient (Wildman–Crippen LogP) is 2.05. The standard InChI is InChI=1S/C13H13FN2O4S2/c1-8(10-6-7-11(21-10)13(17)15-18)16-22(19,20)12-5-3-2-4-9(12)14/h2-8,16,18H,1H3,(H,15,17). The van der Waals surface area contributed by atoms with Gasteiger partial charge in [-0.25, -0.2) is 23.0 Å². The van der Waals surface area contributed by atoms with Crippen molar-refractivity contribution in [3.63, 3.8) is 0 Å². The quantitative estimate of drug-likeness (QED) is 0.571. The molecular weight excluding hydrogens is 331 g/mol. The van der Waals surface area contributed by atoms with Crippen LogP contribution in [-0.4, -0.2) is 19.5 Å². The molecule has 2 rings (SSSR count). The molecular formula is C13H13FN2O4S2. The Morgan fingerprint density at radius 3 is 2.59 bits per heavy atom. The maximum Gasteiger partial charge on any atom is 0.284 e. The van der Waals surface area contributed by atoms with Crippen molar-refractivity contribution < 1.29 is 22.8 Å². The molecule has 0 fully saturated rings. The summed E-state index contributed by atoms with van der Waals surface area (Å²) in [4.78, 5) is 11.6. The van der Waals surface area contributed by atoms with Crippen molar-refractivity contribution in [3.05, 3.63) is 52.0 Å². The number of hydroxylamine groups is 1. The first-order valence-corrected chi connectivity index (χ1v) is 8.46. The molecule has 1 aromatic heterocycles. The number of halogens is 1. The largest absolute Gasteiger partial charge is 0.288 e. The molecule has 0 aliphatic carbocycles. The molecule has 3 N–H and O–H groups in total. The fourth-order valence-electron chi connectivity index (χ4n) is 1.78. The van der Waals surface area contributed by atoms with E-state index in [2.05, 4.69) is 4.72 Å². The van der Waals surface area contributed by atoms with Gasteiger partial charge in [0.15, 0.2) is 0 Å². The number of thiophene rings is 1. The summed E-state index contributed by atoms with van der Waals surface area (Å²) < 4.78 is 40.3. The van der Waals surface area contributed by atoms with E-state index in [1.807, 2.05) is 0 Å². The summed E-state index contributed by atoms with van der Waals surface area (Å²) in [5.74, 6) is -1.52. The smallest absolute Gasteiger partial charge is 0.284 e. The highest BCUT2D eigenvalue weighted by atomic mass is 32.2. The Morgan fingerprint density at radius 1 is 1.27 bits per heavy atom. The number of sulfonamides is 1. The topological polar surface area (TPSA) is 95.5 Å². The van der Waals surface area contributed by atoms with Crippen LogP contribution in [0, 0.1) is 5.82 Å². The lowest BCUT2D eigenvalue weighted by Gasteiger charge is -2.13. The highest BCUT2D eigenvalue weighted by molar-refractivity contribution is 7.89. The maximum absolute atomic E-state index is 13.6. The zero-order valence-electron chi connectivity index (χ0n) is 11.4. The third kappa shape index (κ3) is 3.50. The Hall–Kier alpha value is -1.81. The highest BCUT2D eigenvalue weighted by Crippen LogP contribution is 2.25. The van der Waals surface area contributed by atoms with E-state index in [9.17, 15) is 17.6 Å². The lowest BCUT2D eigenvalue weighted by molar-refractivity contribution is 0.0711. The molecule has 1 atom stereocenters. The average molecular weight is 344 g/mol. The first-order valence-electron chi connectivity index (χ1n) is 6.16. The molecule has 0 spiro atoms. The third-order valence-electron chi connectivity index (χ3n) is 2.84. The van der Waals surface area contributed by atoms with Crippen LogP contribution in [0.2, 0.25) is 0 Å². The number of rotatable bonds is 5. The molecule has 6 nitrogen and oxygen atoms in total. The molecule has 1 amide bonds. The van der Waals surface area contributed by atoms with E-state index < -0.39 is 32.7 Å². The van der Waals surface area contributed by atoms with Crippen molar-refractivity contribution in [1.29, 1.82) is 0 Å². The molecule has 0 aliphatic heterocycles. The summed E-state index contributed by atoms with van der Waals surface area (Å²) in [5.41, 5.74) is 1.50. The zero-order valence-corrected chi connectivity index (χ0v) is 13.0. The fraction of sp³-hybridized carbons (Fsp3) is 0.154. The highest BCUT2D eigenvalue weighted by Gasteiger charge is 2.22. The van der Waals surface area contributed by atoms with Gasteiger partial charge < -0.3 is 0 Å². The molecule has 0 radical (unpaired) electrons. The van der Waals surface area contributed by atoms with Gasteiger partial charge in [0.1, 0.15) is 10.7 Å². The summed E-state index contributed by atoms with van der Waals surface area (Å²) in [6.45, 7) is 1.57. The second-order valence-corrected chi connectivity index (χ2v) is 7.21. The molecule has 9 heteroatoms. The third-order valence-corrected chi connectivity index (χ3v) is 5.68. The van der Waals surface area contributed by atoms with Crippen molar-refractivity contribution in [2.24, 2.45) is 0 Å². The first kappa shape index (κ1) is 16.6. The van der Waals surface area contributed by atoms with Crippen molar-refractivity contribution in [2.45, 2.75) is 17.9 Å². The number of hydrogen-bond acceptors (Lipinski definition) is 5. The van der Waals surface area contributed by atoms with E-state index >= 15 is 0 Å². The number of benzene rings is 1. The normalized spacial score (nSPS) is 12.9. The van der Waals surface area contributed by atoms with Gasteiger partial charge in [-0.3, -0.25) is 10.0 Å². The molecule has 2 aromatic rings. The minimum Gasteiger partial charge on any atom is -0.288 e. The van der Waals surface area contributed by atoms with Gasteiger partial charge in [-0.05, 0) is 31.2 Å². The summed E-state index contributed by atoms with van der Waals surface area (Å²) in [5, 5.41) is 8.56. The van der Waals surface area contributed by atoms with Gasteiger partial charge in [0.2, 0.25) is 10.0 Å². The Kier molecular flexibility index (Phi) is 4.91. The molecule has 0 saturated heterocycles. The molecule has 1 heterocycles. The number of nitrogens with one attached hydrogen (secondary N) is 2. The minimum atomic E-state index is -4.02. The van der Waals surface area contributed by atoms with Gasteiger partial charge in [0.25, 0.3) is 5.91 Å². The second kappa shape index (κ2) is 6.53. The first-order chi connectivity index (χ1) is 10.3. The van der Waals surface area contributed by atoms with Gasteiger partial charge in [0.05, 0.1) is 10.9 Å². The molecule has 0 saturated carbocycles. The maximum atomic E-state index is 13.6. The van der Waals surface area contributed by atoms with Gasteiger partial charge >= 0.3 is 0 Å². The van der Waals surface area contributed by atoms with Gasteiger partial charge in [-0.2, -0.15) is 0 Å².